The molecule has 0 bridgehead atoms. The third-order valence-corrected chi connectivity index (χ3v) is 3.08. The molecule has 1 heterocycles. The Hall–Kier alpha value is -0.0400. The molecule has 0 radical (unpaired) electrons. The molecule has 0 aromatic carbocycles. The van der Waals surface area contributed by atoms with Crippen molar-refractivity contribution in [2.75, 3.05) is 20.1 Å². The van der Waals surface area contributed by atoms with Gasteiger partial charge in [0.05, 0.1) is 26.2 Å². The topological polar surface area (TPSA) is 0 Å². The van der Waals surface area contributed by atoms with Gasteiger partial charge in [-0.15, -0.1) is 0 Å². The maximum atomic E-state index is 2.37. The lowest BCUT2D eigenvalue weighted by molar-refractivity contribution is -0.917. The average Bonchev–Trinajstić information content (AvgIpc) is 2.15. The first-order chi connectivity index (χ1) is 4.19. The summed E-state index contributed by atoms with van der Waals surface area (Å²) in [6.07, 6.45) is 2.87. The molecule has 9 heavy (non-hydrogen) atoms. The Labute approximate surface area is 58.3 Å². The number of hydrogen-bond acceptors (Lipinski definition) is 0. The molecule has 2 atom stereocenters. The highest BCUT2D eigenvalue weighted by atomic mass is 15.4. The van der Waals surface area contributed by atoms with Gasteiger partial charge in [-0.05, 0) is 13.8 Å². The molecule has 0 aliphatic carbocycles. The van der Waals surface area contributed by atoms with Crippen molar-refractivity contribution in [3.63, 3.8) is 0 Å². The summed E-state index contributed by atoms with van der Waals surface area (Å²) in [6.45, 7) is 7.37. The predicted octanol–water partition coefficient (Wildman–Crippen LogP) is 1.64. The molecule has 0 amide bonds. The summed E-state index contributed by atoms with van der Waals surface area (Å²) < 4.78 is 1.31. The molecule has 2 unspecified atom stereocenters. The van der Waals surface area contributed by atoms with Gasteiger partial charge in [-0.2, -0.15) is 0 Å². The molecule has 0 aromatic heterocycles. The Morgan fingerprint density at radius 1 is 1.56 bits per heavy atom. The third-order valence-electron chi connectivity index (χ3n) is 3.08. The van der Waals surface area contributed by atoms with Gasteiger partial charge in [-0.25, -0.2) is 0 Å². The molecule has 0 N–H and O–H groups in total. The molecule has 54 valence electrons. The largest absolute Gasteiger partial charge is 0.324 e. The van der Waals surface area contributed by atoms with Gasteiger partial charge in [0.1, 0.15) is 0 Å². The van der Waals surface area contributed by atoms with E-state index in [4.69, 9.17) is 0 Å². The van der Waals surface area contributed by atoms with Gasteiger partial charge in [0.15, 0.2) is 0 Å². The lowest BCUT2D eigenvalue weighted by atomic mass is 10.2. The number of rotatable bonds is 1. The SMILES string of the molecule is CC[N+]1(C)CCCC1C. The Kier molecular flexibility index (Phi) is 1.80. The third kappa shape index (κ3) is 1.11. The normalized spacial score (nSPS) is 43.7. The van der Waals surface area contributed by atoms with Crippen LogP contribution in [0.25, 0.3) is 0 Å². The Morgan fingerprint density at radius 2 is 2.22 bits per heavy atom. The van der Waals surface area contributed by atoms with Crippen LogP contribution in [0.4, 0.5) is 0 Å². The van der Waals surface area contributed by atoms with Crippen LogP contribution >= 0.6 is 0 Å². The van der Waals surface area contributed by atoms with E-state index in [1.807, 2.05) is 0 Å². The second-order valence-electron chi connectivity index (χ2n) is 3.51. The highest BCUT2D eigenvalue weighted by Crippen LogP contribution is 2.23. The fourth-order valence-electron chi connectivity index (χ4n) is 1.75. The summed E-state index contributed by atoms with van der Waals surface area (Å²) in [5, 5.41) is 0. The lowest BCUT2D eigenvalue weighted by Gasteiger charge is -2.32. The molecular weight excluding hydrogens is 110 g/mol. The van der Waals surface area contributed by atoms with Crippen LogP contribution in [0.3, 0.4) is 0 Å². The van der Waals surface area contributed by atoms with Gasteiger partial charge < -0.3 is 4.48 Å². The Bertz CT molecular complexity index is 101. The molecule has 1 nitrogen and oxygen atoms in total. The van der Waals surface area contributed by atoms with Crippen LogP contribution in [0.5, 0.6) is 0 Å². The second kappa shape index (κ2) is 2.30. The molecule has 1 aliphatic heterocycles. The summed E-state index contributed by atoms with van der Waals surface area (Å²) in [5.74, 6) is 0. The van der Waals surface area contributed by atoms with Crippen LogP contribution in [-0.4, -0.2) is 30.7 Å². The van der Waals surface area contributed by atoms with Gasteiger partial charge in [-0.3, -0.25) is 0 Å². The van der Waals surface area contributed by atoms with Crippen LogP contribution in [0.2, 0.25) is 0 Å². The van der Waals surface area contributed by atoms with Gasteiger partial charge in [-0.1, -0.05) is 0 Å². The summed E-state index contributed by atoms with van der Waals surface area (Å²) in [4.78, 5) is 0. The molecule has 1 rings (SSSR count). The van der Waals surface area contributed by atoms with E-state index in [1.165, 1.54) is 30.4 Å². The molecule has 1 heteroatoms. The van der Waals surface area contributed by atoms with Crippen molar-refractivity contribution in [1.29, 1.82) is 0 Å². The molecule has 1 fully saturated rings. The van der Waals surface area contributed by atoms with E-state index in [-0.39, 0.29) is 0 Å². The monoisotopic (exact) mass is 128 g/mol. The van der Waals surface area contributed by atoms with Crippen molar-refractivity contribution in [3.05, 3.63) is 0 Å². The van der Waals surface area contributed by atoms with Gasteiger partial charge >= 0.3 is 0 Å². The van der Waals surface area contributed by atoms with Crippen molar-refractivity contribution in [3.8, 4) is 0 Å². The van der Waals surface area contributed by atoms with E-state index >= 15 is 0 Å². The van der Waals surface area contributed by atoms with E-state index in [2.05, 4.69) is 20.9 Å². The summed E-state index contributed by atoms with van der Waals surface area (Å²) in [5.41, 5.74) is 0. The van der Waals surface area contributed by atoms with E-state index in [9.17, 15) is 0 Å². The van der Waals surface area contributed by atoms with E-state index in [0.717, 1.165) is 6.04 Å². The van der Waals surface area contributed by atoms with Crippen LogP contribution in [-0.2, 0) is 0 Å². The molecule has 0 aromatic rings. The zero-order valence-electron chi connectivity index (χ0n) is 6.85. The minimum Gasteiger partial charge on any atom is -0.324 e. The van der Waals surface area contributed by atoms with E-state index < -0.39 is 0 Å². The van der Waals surface area contributed by atoms with E-state index in [1.54, 1.807) is 0 Å². The van der Waals surface area contributed by atoms with Crippen molar-refractivity contribution in [2.45, 2.75) is 32.7 Å². The smallest absolute Gasteiger partial charge is 0.0861 e. The highest BCUT2D eigenvalue weighted by Gasteiger charge is 2.32. The van der Waals surface area contributed by atoms with Gasteiger partial charge in [0.2, 0.25) is 0 Å². The Balaban J connectivity index is 2.56. The fourth-order valence-corrected chi connectivity index (χ4v) is 1.75. The van der Waals surface area contributed by atoms with Crippen LogP contribution in [0.15, 0.2) is 0 Å². The van der Waals surface area contributed by atoms with Crippen LogP contribution < -0.4 is 0 Å². The first-order valence-electron chi connectivity index (χ1n) is 4.03. The van der Waals surface area contributed by atoms with Gasteiger partial charge in [0.25, 0.3) is 0 Å². The molecule has 1 saturated heterocycles. The first kappa shape index (κ1) is 7.07. The molecular formula is C8H18N+. The quantitative estimate of drug-likeness (QED) is 0.471. The molecule has 0 saturated carbocycles. The van der Waals surface area contributed by atoms with Crippen molar-refractivity contribution >= 4 is 0 Å². The van der Waals surface area contributed by atoms with Gasteiger partial charge in [0, 0.05) is 12.8 Å². The highest BCUT2D eigenvalue weighted by molar-refractivity contribution is 4.60. The lowest BCUT2D eigenvalue weighted by Crippen LogP contribution is -2.46. The summed E-state index contributed by atoms with van der Waals surface area (Å²) >= 11 is 0. The maximum Gasteiger partial charge on any atom is 0.0861 e. The minimum absolute atomic E-state index is 0.912. The maximum absolute atomic E-state index is 2.37. The van der Waals surface area contributed by atoms with Crippen molar-refractivity contribution in [2.24, 2.45) is 0 Å². The van der Waals surface area contributed by atoms with Crippen molar-refractivity contribution in [1.82, 2.24) is 0 Å². The van der Waals surface area contributed by atoms with Crippen LogP contribution in [0.1, 0.15) is 26.7 Å². The predicted molar refractivity (Wildman–Crippen MR) is 40.3 cm³/mol. The van der Waals surface area contributed by atoms with E-state index in [0.29, 0.717) is 0 Å². The summed E-state index contributed by atoms with van der Waals surface area (Å²) in [7, 11) is 2.37. The number of hydrogen-bond donors (Lipinski definition) is 0. The minimum atomic E-state index is 0.912. The standard InChI is InChI=1S/C8H18N/c1-4-9(3)7-5-6-8(9)2/h8H,4-7H2,1-3H3/q+1. The van der Waals surface area contributed by atoms with Crippen molar-refractivity contribution < 1.29 is 4.48 Å². The number of likely N-dealkylation sites (tertiary alicyclic amines) is 1. The van der Waals surface area contributed by atoms with Crippen LogP contribution in [0, 0.1) is 0 Å². The zero-order chi connectivity index (χ0) is 6.91. The first-order valence-corrected chi connectivity index (χ1v) is 4.03. The number of quaternary nitrogens is 1. The molecule has 0 spiro atoms. The zero-order valence-corrected chi connectivity index (χ0v) is 6.85. The average molecular weight is 128 g/mol. The number of nitrogens with zero attached hydrogens (tertiary/aromatic N) is 1. The fraction of sp³-hybridized carbons (Fsp3) is 1.00. The molecule has 1 aliphatic rings. The second-order valence-corrected chi connectivity index (χ2v) is 3.51. The Morgan fingerprint density at radius 3 is 2.44 bits per heavy atom. The summed E-state index contributed by atoms with van der Waals surface area (Å²) in [6, 6.07) is 0.912.